The minimum absolute atomic E-state index is 0.159. The molecule has 8 heteroatoms. The van der Waals surface area contributed by atoms with Gasteiger partial charge in [-0.2, -0.15) is 0 Å². The van der Waals surface area contributed by atoms with Crippen molar-refractivity contribution in [2.24, 2.45) is 0 Å². The Hall–Kier alpha value is -3.52. The van der Waals surface area contributed by atoms with Crippen LogP contribution in [0.1, 0.15) is 35.7 Å². The minimum atomic E-state index is -3.51. The van der Waals surface area contributed by atoms with Crippen LogP contribution in [0, 0.1) is 0 Å². The molecule has 0 saturated carbocycles. The number of rotatable bonds is 9. The Morgan fingerprint density at radius 1 is 0.943 bits per heavy atom. The third kappa shape index (κ3) is 6.33. The first-order valence-corrected chi connectivity index (χ1v) is 13.6. The number of sulfonamides is 1. The molecule has 0 atom stereocenters. The first kappa shape index (κ1) is 24.6. The second-order valence-corrected chi connectivity index (χ2v) is 10.5. The molecule has 184 valence electrons. The van der Waals surface area contributed by atoms with E-state index in [4.69, 9.17) is 4.74 Å². The van der Waals surface area contributed by atoms with Crippen LogP contribution < -0.4 is 19.3 Å². The Kier molecular flexibility index (Phi) is 7.60. The van der Waals surface area contributed by atoms with Crippen molar-refractivity contribution in [2.75, 3.05) is 40.5 Å². The highest BCUT2D eigenvalue weighted by Crippen LogP contribution is 2.25. The van der Waals surface area contributed by atoms with Crippen molar-refractivity contribution in [3.8, 4) is 5.75 Å². The zero-order chi connectivity index (χ0) is 24.8. The molecule has 0 aliphatic carbocycles. The molecule has 0 unspecified atom stereocenters. The van der Waals surface area contributed by atoms with Crippen LogP contribution in [-0.2, 0) is 16.6 Å². The quantitative estimate of drug-likeness (QED) is 0.459. The summed E-state index contributed by atoms with van der Waals surface area (Å²) in [7, 11) is -3.51. The van der Waals surface area contributed by atoms with Gasteiger partial charge in [0.05, 0.1) is 25.1 Å². The van der Waals surface area contributed by atoms with E-state index in [2.05, 4.69) is 10.2 Å². The van der Waals surface area contributed by atoms with Gasteiger partial charge in [-0.3, -0.25) is 9.10 Å². The third-order valence-corrected chi connectivity index (χ3v) is 7.12. The fraction of sp³-hybridized carbons (Fsp3) is 0.296. The summed E-state index contributed by atoms with van der Waals surface area (Å²) in [5.41, 5.74) is 3.74. The highest BCUT2D eigenvalue weighted by atomic mass is 32.2. The molecule has 1 heterocycles. The molecular formula is C27H31N3O4S. The summed E-state index contributed by atoms with van der Waals surface area (Å²) in [6.45, 7) is 4.75. The summed E-state index contributed by atoms with van der Waals surface area (Å²) < 4.78 is 31.7. The molecule has 7 nitrogen and oxygen atoms in total. The molecule has 3 aromatic carbocycles. The van der Waals surface area contributed by atoms with Crippen LogP contribution in [0.4, 0.5) is 17.1 Å². The van der Waals surface area contributed by atoms with Crippen molar-refractivity contribution in [1.29, 1.82) is 0 Å². The second kappa shape index (κ2) is 10.8. The van der Waals surface area contributed by atoms with Gasteiger partial charge in [0.2, 0.25) is 10.0 Å². The van der Waals surface area contributed by atoms with E-state index in [0.29, 0.717) is 23.6 Å². The summed E-state index contributed by atoms with van der Waals surface area (Å²) in [6.07, 6.45) is 3.62. The molecule has 0 aromatic heterocycles. The summed E-state index contributed by atoms with van der Waals surface area (Å²) in [5.74, 6) is 0.475. The highest BCUT2D eigenvalue weighted by molar-refractivity contribution is 7.92. The topological polar surface area (TPSA) is 79.0 Å². The first-order chi connectivity index (χ1) is 16.8. The molecular weight excluding hydrogens is 462 g/mol. The average molecular weight is 494 g/mol. The van der Waals surface area contributed by atoms with Crippen molar-refractivity contribution in [2.45, 2.75) is 26.3 Å². The maximum Gasteiger partial charge on any atom is 0.255 e. The van der Waals surface area contributed by atoms with Gasteiger partial charge in [-0.1, -0.05) is 12.1 Å². The van der Waals surface area contributed by atoms with E-state index < -0.39 is 10.0 Å². The fourth-order valence-corrected chi connectivity index (χ4v) is 5.03. The van der Waals surface area contributed by atoms with Crippen LogP contribution >= 0.6 is 0 Å². The van der Waals surface area contributed by atoms with Crippen LogP contribution in [0.25, 0.3) is 0 Å². The number of amides is 1. The van der Waals surface area contributed by atoms with Crippen LogP contribution in [0.15, 0.2) is 72.8 Å². The van der Waals surface area contributed by atoms with E-state index in [1.807, 2.05) is 31.2 Å². The van der Waals surface area contributed by atoms with Crippen molar-refractivity contribution in [1.82, 2.24) is 0 Å². The Morgan fingerprint density at radius 3 is 2.14 bits per heavy atom. The first-order valence-electron chi connectivity index (χ1n) is 11.8. The maximum atomic E-state index is 12.7. The van der Waals surface area contributed by atoms with E-state index in [1.165, 1.54) is 29.1 Å². The smallest absolute Gasteiger partial charge is 0.255 e. The number of hydrogen-bond acceptors (Lipinski definition) is 5. The van der Waals surface area contributed by atoms with Gasteiger partial charge in [-0.15, -0.1) is 0 Å². The molecule has 1 saturated heterocycles. The maximum absolute atomic E-state index is 12.7. The van der Waals surface area contributed by atoms with Crippen molar-refractivity contribution in [3.63, 3.8) is 0 Å². The lowest BCUT2D eigenvalue weighted by Gasteiger charge is -2.23. The largest absolute Gasteiger partial charge is 0.494 e. The lowest BCUT2D eigenvalue weighted by atomic mass is 10.1. The molecule has 4 rings (SSSR count). The molecule has 1 amide bonds. The number of ether oxygens (including phenoxy) is 1. The molecule has 1 fully saturated rings. The van der Waals surface area contributed by atoms with Crippen molar-refractivity contribution in [3.05, 3.63) is 83.9 Å². The van der Waals surface area contributed by atoms with Gasteiger partial charge in [0.15, 0.2) is 0 Å². The summed E-state index contributed by atoms with van der Waals surface area (Å²) in [5, 5.41) is 2.93. The van der Waals surface area contributed by atoms with Crippen molar-refractivity contribution >= 4 is 33.0 Å². The Morgan fingerprint density at radius 2 is 1.57 bits per heavy atom. The molecule has 1 N–H and O–H groups in total. The normalized spacial score (nSPS) is 13.5. The SMILES string of the molecule is CCOc1ccc(N(Cc2ccc(C(=O)Nc3ccc(N4CCCC4)cc3)cc2)S(C)(=O)=O)cc1. The lowest BCUT2D eigenvalue weighted by Crippen LogP contribution is -2.29. The van der Waals surface area contributed by atoms with Gasteiger partial charge in [0, 0.05) is 30.0 Å². The monoisotopic (exact) mass is 493 g/mol. The zero-order valence-electron chi connectivity index (χ0n) is 20.1. The van der Waals surface area contributed by atoms with Crippen LogP contribution in [0.5, 0.6) is 5.75 Å². The van der Waals surface area contributed by atoms with Gasteiger partial charge >= 0.3 is 0 Å². The third-order valence-electron chi connectivity index (χ3n) is 5.97. The number of nitrogens with zero attached hydrogens (tertiary/aromatic N) is 2. The average Bonchev–Trinajstić information content (AvgIpc) is 3.39. The molecule has 35 heavy (non-hydrogen) atoms. The number of carbonyl (C=O) groups excluding carboxylic acids is 1. The second-order valence-electron chi connectivity index (χ2n) is 8.59. The zero-order valence-corrected chi connectivity index (χ0v) is 20.9. The summed E-state index contributed by atoms with van der Waals surface area (Å²) in [6, 6.07) is 21.8. The highest BCUT2D eigenvalue weighted by Gasteiger charge is 2.18. The predicted octanol–water partition coefficient (Wildman–Crippen LogP) is 4.90. The number of hydrogen-bond donors (Lipinski definition) is 1. The van der Waals surface area contributed by atoms with Gasteiger partial charge in [0.1, 0.15) is 5.75 Å². The Labute approximate surface area is 207 Å². The van der Waals surface area contributed by atoms with E-state index in [0.717, 1.165) is 24.3 Å². The number of benzene rings is 3. The molecule has 0 spiro atoms. The number of anilines is 3. The number of carbonyl (C=O) groups is 1. The molecule has 1 aliphatic heterocycles. The van der Waals surface area contributed by atoms with Gasteiger partial charge in [-0.25, -0.2) is 8.42 Å². The van der Waals surface area contributed by atoms with Crippen LogP contribution in [0.3, 0.4) is 0 Å². The van der Waals surface area contributed by atoms with E-state index >= 15 is 0 Å². The lowest BCUT2D eigenvalue weighted by molar-refractivity contribution is 0.102. The van der Waals surface area contributed by atoms with Gasteiger partial charge in [-0.05, 0) is 86.0 Å². The summed E-state index contributed by atoms with van der Waals surface area (Å²) >= 11 is 0. The summed E-state index contributed by atoms with van der Waals surface area (Å²) in [4.78, 5) is 15.1. The molecule has 3 aromatic rings. The van der Waals surface area contributed by atoms with Gasteiger partial charge < -0.3 is 15.0 Å². The van der Waals surface area contributed by atoms with Crippen molar-refractivity contribution < 1.29 is 17.9 Å². The minimum Gasteiger partial charge on any atom is -0.494 e. The van der Waals surface area contributed by atoms with E-state index in [-0.39, 0.29) is 12.5 Å². The molecule has 0 bridgehead atoms. The Balaban J connectivity index is 1.41. The molecule has 1 aliphatic rings. The predicted molar refractivity (Wildman–Crippen MR) is 141 cm³/mol. The Bertz CT molecular complexity index is 1240. The van der Waals surface area contributed by atoms with E-state index in [1.54, 1.807) is 48.5 Å². The van der Waals surface area contributed by atoms with Gasteiger partial charge in [0.25, 0.3) is 5.91 Å². The fourth-order valence-electron chi connectivity index (χ4n) is 4.14. The van der Waals surface area contributed by atoms with Crippen LogP contribution in [-0.4, -0.2) is 40.3 Å². The standard InChI is InChI=1S/C27H31N3O4S/c1-3-34-26-16-14-25(15-17-26)30(35(2,32)33)20-21-6-8-22(9-7-21)27(31)28-23-10-12-24(13-11-23)29-18-4-5-19-29/h6-17H,3-5,18-20H2,1-2H3,(H,28,31). The number of nitrogens with one attached hydrogen (secondary N) is 1. The van der Waals surface area contributed by atoms with Crippen LogP contribution in [0.2, 0.25) is 0 Å². The molecule has 0 radical (unpaired) electrons. The van der Waals surface area contributed by atoms with E-state index in [9.17, 15) is 13.2 Å².